The number of carbonyl (C=O) groups is 4. The van der Waals surface area contributed by atoms with Crippen LogP contribution in [0.4, 0.5) is 0 Å². The highest BCUT2D eigenvalue weighted by molar-refractivity contribution is 7.47. The van der Waals surface area contributed by atoms with Gasteiger partial charge in [-0.25, -0.2) is 9.13 Å². The van der Waals surface area contributed by atoms with Crippen LogP contribution in [0.1, 0.15) is 331 Å². The summed E-state index contributed by atoms with van der Waals surface area (Å²) in [5.74, 6) is 0.772. The second kappa shape index (κ2) is 57.9. The molecule has 5 atom stereocenters. The van der Waals surface area contributed by atoms with Crippen molar-refractivity contribution >= 4 is 39.5 Å². The Balaban J connectivity index is 5.23. The van der Waals surface area contributed by atoms with Crippen LogP contribution in [0.25, 0.3) is 0 Å². The van der Waals surface area contributed by atoms with Crippen molar-refractivity contribution in [1.82, 2.24) is 0 Å². The van der Waals surface area contributed by atoms with E-state index in [2.05, 4.69) is 55.4 Å². The third kappa shape index (κ3) is 62.6. The number of carbonyl (C=O) groups excluding carboxylic acids is 4. The Kier molecular flexibility index (Phi) is 56.6. The lowest BCUT2D eigenvalue weighted by Gasteiger charge is -2.21. The summed E-state index contributed by atoms with van der Waals surface area (Å²) in [6.07, 6.45) is 39.2. The van der Waals surface area contributed by atoms with Gasteiger partial charge in [0.25, 0.3) is 0 Å². The third-order valence-electron chi connectivity index (χ3n) is 15.6. The second-order valence-electron chi connectivity index (χ2n) is 26.5. The van der Waals surface area contributed by atoms with Gasteiger partial charge in [-0.15, -0.1) is 0 Å². The molecule has 0 rings (SSSR count). The average molecular weight is 1280 g/mol. The Bertz CT molecular complexity index is 1730. The molecule has 0 radical (unpaired) electrons. The Hall–Kier alpha value is -1.94. The predicted molar refractivity (Wildman–Crippen MR) is 349 cm³/mol. The Morgan fingerprint density at radius 1 is 0.287 bits per heavy atom. The zero-order valence-electron chi connectivity index (χ0n) is 56.6. The molecular weight excluding hydrogens is 1150 g/mol. The van der Waals surface area contributed by atoms with Gasteiger partial charge in [0.1, 0.15) is 19.3 Å². The van der Waals surface area contributed by atoms with E-state index in [0.717, 1.165) is 115 Å². The Morgan fingerprint density at radius 3 is 0.713 bits per heavy atom. The van der Waals surface area contributed by atoms with Crippen LogP contribution in [-0.4, -0.2) is 96.7 Å². The minimum atomic E-state index is -4.95. The van der Waals surface area contributed by atoms with Crippen molar-refractivity contribution < 1.29 is 80.2 Å². The van der Waals surface area contributed by atoms with Crippen LogP contribution in [-0.2, 0) is 65.4 Å². The van der Waals surface area contributed by atoms with Gasteiger partial charge in [0, 0.05) is 25.7 Å². The van der Waals surface area contributed by atoms with Crippen LogP contribution in [0.3, 0.4) is 0 Å². The first-order chi connectivity index (χ1) is 41.6. The number of hydrogen-bond acceptors (Lipinski definition) is 15. The predicted octanol–water partition coefficient (Wildman–Crippen LogP) is 18.9. The lowest BCUT2D eigenvalue weighted by molar-refractivity contribution is -0.161. The fraction of sp³-hybridized carbons (Fsp3) is 0.941. The van der Waals surface area contributed by atoms with Gasteiger partial charge in [-0.3, -0.25) is 37.3 Å². The van der Waals surface area contributed by atoms with Crippen LogP contribution in [0.2, 0.25) is 0 Å². The second-order valence-corrected chi connectivity index (χ2v) is 29.4. The summed E-state index contributed by atoms with van der Waals surface area (Å²) >= 11 is 0. The lowest BCUT2D eigenvalue weighted by atomic mass is 10.0. The fourth-order valence-electron chi connectivity index (χ4n) is 10.1. The minimum absolute atomic E-state index is 0.104. The molecule has 87 heavy (non-hydrogen) atoms. The highest BCUT2D eigenvalue weighted by atomic mass is 31.2. The molecule has 0 saturated heterocycles. The number of esters is 4. The molecule has 0 bridgehead atoms. The third-order valence-corrected chi connectivity index (χ3v) is 17.5. The molecule has 17 nitrogen and oxygen atoms in total. The van der Waals surface area contributed by atoms with Crippen molar-refractivity contribution in [2.75, 3.05) is 39.6 Å². The molecule has 516 valence electrons. The number of unbranched alkanes of at least 4 members (excludes halogenated alkanes) is 31. The van der Waals surface area contributed by atoms with Crippen molar-refractivity contribution in [3.8, 4) is 0 Å². The normalized spacial score (nSPS) is 14.3. The van der Waals surface area contributed by atoms with E-state index in [1.165, 1.54) is 122 Å². The maximum atomic E-state index is 13.0. The molecule has 0 aliphatic rings. The lowest BCUT2D eigenvalue weighted by Crippen LogP contribution is -2.30. The first-order valence-electron chi connectivity index (χ1n) is 35.2. The van der Waals surface area contributed by atoms with Crippen LogP contribution in [0, 0.1) is 23.7 Å². The highest BCUT2D eigenvalue weighted by Crippen LogP contribution is 2.45. The summed E-state index contributed by atoms with van der Waals surface area (Å²) < 4.78 is 68.1. The van der Waals surface area contributed by atoms with E-state index in [0.29, 0.717) is 37.5 Å². The van der Waals surface area contributed by atoms with E-state index < -0.39 is 97.5 Å². The molecule has 0 saturated carbocycles. The number of phosphoric ester groups is 2. The Morgan fingerprint density at radius 2 is 0.483 bits per heavy atom. The minimum Gasteiger partial charge on any atom is -0.462 e. The highest BCUT2D eigenvalue weighted by Gasteiger charge is 2.30. The van der Waals surface area contributed by atoms with Gasteiger partial charge < -0.3 is 33.8 Å². The molecule has 0 aliphatic heterocycles. The molecule has 0 aromatic heterocycles. The number of phosphoric acid groups is 2. The van der Waals surface area contributed by atoms with Crippen molar-refractivity contribution in [2.45, 2.75) is 350 Å². The molecule has 19 heteroatoms. The van der Waals surface area contributed by atoms with E-state index >= 15 is 0 Å². The SMILES string of the molecule is CC(C)CCCCCCCCCCCCCCCC(=O)O[C@H](COC(=O)CCCCCCCCCC(C)C)COP(=O)(O)OC[C@@H](O)COP(=O)(O)OC[C@@H](COC(=O)CCCCCCCCC(C)C)OC(=O)CCCCCCCCCCCC(C)C. The zero-order valence-corrected chi connectivity index (χ0v) is 58.4. The summed E-state index contributed by atoms with van der Waals surface area (Å²) in [5.41, 5.74) is 0. The van der Waals surface area contributed by atoms with Crippen LogP contribution in [0.15, 0.2) is 0 Å². The maximum Gasteiger partial charge on any atom is 0.472 e. The van der Waals surface area contributed by atoms with Crippen molar-refractivity contribution in [3.05, 3.63) is 0 Å². The molecule has 0 heterocycles. The standard InChI is InChI=1S/C68H132O17P2/c1-58(2)44-36-28-20-15-12-10-9-11-13-17-23-34-42-50-67(72)84-63(54-78-65(70)48-40-32-25-19-22-30-38-46-60(5)6)56-82-86(74,75)80-52-62(69)53-81-87(76,77)83-57-64(55-79-66(71)49-41-33-27-26-31-39-47-61(7)8)85-68(73)51-43-35-24-18-14-16-21-29-37-45-59(3)4/h58-64,69H,9-57H2,1-8H3,(H,74,75)(H,76,77)/t62-,63-,64-/m1/s1. The number of hydrogen-bond donors (Lipinski definition) is 3. The molecule has 0 amide bonds. The van der Waals surface area contributed by atoms with Crippen LogP contribution < -0.4 is 0 Å². The first kappa shape index (κ1) is 85.1. The summed E-state index contributed by atoms with van der Waals surface area (Å²) in [6.45, 7) is 14.0. The molecule has 0 aromatic carbocycles. The van der Waals surface area contributed by atoms with Gasteiger partial charge in [0.2, 0.25) is 0 Å². The van der Waals surface area contributed by atoms with Crippen LogP contribution in [0.5, 0.6) is 0 Å². The first-order valence-corrected chi connectivity index (χ1v) is 38.2. The molecule has 2 unspecified atom stereocenters. The smallest absolute Gasteiger partial charge is 0.462 e. The average Bonchev–Trinajstić information content (AvgIpc) is 3.67. The summed E-state index contributed by atoms with van der Waals surface area (Å²) in [4.78, 5) is 72.4. The number of ether oxygens (including phenoxy) is 4. The monoisotopic (exact) mass is 1280 g/mol. The van der Waals surface area contributed by atoms with Gasteiger partial charge >= 0.3 is 39.5 Å². The number of aliphatic hydroxyl groups excluding tert-OH is 1. The molecule has 0 aliphatic carbocycles. The molecule has 0 spiro atoms. The summed E-state index contributed by atoms with van der Waals surface area (Å²) in [5, 5.41) is 10.6. The van der Waals surface area contributed by atoms with Crippen molar-refractivity contribution in [2.24, 2.45) is 23.7 Å². The van der Waals surface area contributed by atoms with E-state index in [1.807, 2.05) is 0 Å². The van der Waals surface area contributed by atoms with Gasteiger partial charge in [0.05, 0.1) is 26.4 Å². The van der Waals surface area contributed by atoms with Crippen LogP contribution >= 0.6 is 15.6 Å². The van der Waals surface area contributed by atoms with Gasteiger partial charge in [-0.05, 0) is 49.4 Å². The Labute approximate surface area is 530 Å². The summed E-state index contributed by atoms with van der Waals surface area (Å²) in [6, 6.07) is 0. The fourth-order valence-corrected chi connectivity index (χ4v) is 11.7. The van der Waals surface area contributed by atoms with Gasteiger partial charge in [0.15, 0.2) is 12.2 Å². The van der Waals surface area contributed by atoms with E-state index in [4.69, 9.17) is 37.0 Å². The largest absolute Gasteiger partial charge is 0.472 e. The molecule has 3 N–H and O–H groups in total. The number of rotatable bonds is 65. The van der Waals surface area contributed by atoms with Gasteiger partial charge in [-0.2, -0.15) is 0 Å². The van der Waals surface area contributed by atoms with Crippen molar-refractivity contribution in [1.29, 1.82) is 0 Å². The molecular formula is C68H132O17P2. The van der Waals surface area contributed by atoms with E-state index in [9.17, 15) is 43.2 Å². The van der Waals surface area contributed by atoms with Crippen molar-refractivity contribution in [3.63, 3.8) is 0 Å². The zero-order chi connectivity index (χ0) is 64.7. The summed E-state index contributed by atoms with van der Waals surface area (Å²) in [7, 11) is -9.90. The van der Waals surface area contributed by atoms with E-state index in [1.54, 1.807) is 0 Å². The molecule has 0 fully saturated rings. The van der Waals surface area contributed by atoms with Gasteiger partial charge in [-0.1, -0.05) is 280 Å². The molecule has 0 aromatic rings. The maximum absolute atomic E-state index is 13.0. The quantitative estimate of drug-likeness (QED) is 0.0222. The van der Waals surface area contributed by atoms with E-state index in [-0.39, 0.29) is 25.7 Å². The number of aliphatic hydroxyl groups is 1. The topological polar surface area (TPSA) is 237 Å².